The van der Waals surface area contributed by atoms with Crippen LogP contribution in [0.15, 0.2) is 46.9 Å². The highest BCUT2D eigenvalue weighted by Crippen LogP contribution is 2.34. The number of nitrogens with zero attached hydrogens (tertiary/aromatic N) is 3. The van der Waals surface area contributed by atoms with E-state index in [-0.39, 0.29) is 11.7 Å². The molecular formula is C24H27N3O4S. The maximum atomic E-state index is 13.6. The van der Waals surface area contributed by atoms with Crippen molar-refractivity contribution in [1.82, 2.24) is 9.88 Å². The number of likely N-dealkylation sites (N-methyl/N-ethyl adjacent to an activating group) is 1. The molecular weight excluding hydrogens is 426 g/mol. The lowest BCUT2D eigenvalue weighted by Gasteiger charge is -2.24. The molecule has 2 aromatic carbocycles. The quantitative estimate of drug-likeness (QED) is 0.353. The van der Waals surface area contributed by atoms with Crippen molar-refractivity contribution in [1.29, 1.82) is 0 Å². The average molecular weight is 454 g/mol. The zero-order valence-corrected chi connectivity index (χ0v) is 19.6. The fourth-order valence-corrected chi connectivity index (χ4v) is 4.65. The molecule has 0 spiro atoms. The summed E-state index contributed by atoms with van der Waals surface area (Å²) >= 11 is 1.47. The van der Waals surface area contributed by atoms with Crippen LogP contribution in [0.3, 0.4) is 0 Å². The van der Waals surface area contributed by atoms with Gasteiger partial charge in [0.25, 0.3) is 5.91 Å². The van der Waals surface area contributed by atoms with Crippen LogP contribution in [0.4, 0.5) is 5.13 Å². The normalized spacial score (nSPS) is 11.4. The lowest BCUT2D eigenvalue weighted by atomic mass is 10.2. The van der Waals surface area contributed by atoms with E-state index in [4.69, 9.17) is 18.9 Å². The van der Waals surface area contributed by atoms with Gasteiger partial charge in [0.1, 0.15) is 5.75 Å². The van der Waals surface area contributed by atoms with Gasteiger partial charge in [0.15, 0.2) is 22.2 Å². The summed E-state index contributed by atoms with van der Waals surface area (Å²) in [4.78, 5) is 22.3. The van der Waals surface area contributed by atoms with Crippen molar-refractivity contribution in [3.63, 3.8) is 0 Å². The molecule has 0 saturated heterocycles. The van der Waals surface area contributed by atoms with E-state index in [1.54, 1.807) is 25.2 Å². The number of thiazole rings is 1. The highest BCUT2D eigenvalue weighted by Gasteiger charge is 2.25. The molecule has 0 radical (unpaired) electrons. The molecule has 0 bridgehead atoms. The molecule has 2 heterocycles. The summed E-state index contributed by atoms with van der Waals surface area (Å²) in [6, 6.07) is 13.1. The van der Waals surface area contributed by atoms with Crippen molar-refractivity contribution in [3.8, 4) is 11.5 Å². The number of hydrogen-bond acceptors (Lipinski definition) is 7. The zero-order chi connectivity index (χ0) is 22.7. The van der Waals surface area contributed by atoms with Gasteiger partial charge in [0, 0.05) is 18.5 Å². The fraction of sp³-hybridized carbons (Fsp3) is 0.333. The fourth-order valence-electron chi connectivity index (χ4n) is 3.64. The molecule has 0 aliphatic heterocycles. The van der Waals surface area contributed by atoms with Crippen molar-refractivity contribution < 1.29 is 18.7 Å². The molecule has 1 amide bonds. The molecule has 8 heteroatoms. The van der Waals surface area contributed by atoms with E-state index in [2.05, 4.69) is 18.7 Å². The second kappa shape index (κ2) is 9.58. The number of hydrogen-bond donors (Lipinski definition) is 0. The third kappa shape index (κ3) is 4.28. The van der Waals surface area contributed by atoms with Crippen molar-refractivity contribution in [2.45, 2.75) is 13.8 Å². The zero-order valence-electron chi connectivity index (χ0n) is 18.8. The van der Waals surface area contributed by atoms with Gasteiger partial charge in [-0.15, -0.1) is 0 Å². The maximum absolute atomic E-state index is 13.6. The van der Waals surface area contributed by atoms with Gasteiger partial charge in [-0.2, -0.15) is 0 Å². The van der Waals surface area contributed by atoms with Crippen LogP contribution in [0, 0.1) is 0 Å². The van der Waals surface area contributed by atoms with E-state index in [0.29, 0.717) is 23.0 Å². The predicted molar refractivity (Wildman–Crippen MR) is 128 cm³/mol. The third-order valence-corrected chi connectivity index (χ3v) is 6.57. The van der Waals surface area contributed by atoms with Gasteiger partial charge in [-0.1, -0.05) is 37.3 Å². The monoisotopic (exact) mass is 453 g/mol. The Morgan fingerprint density at radius 2 is 1.88 bits per heavy atom. The first-order valence-electron chi connectivity index (χ1n) is 10.6. The Bertz CT molecular complexity index is 1230. The predicted octanol–water partition coefficient (Wildman–Crippen LogP) is 5.05. The SMILES string of the molecule is CCN(CC)CCN(C(=O)c1cc2cccc(OC)c2o1)c1nc2ccc(OC)cc2s1. The molecule has 168 valence electrons. The van der Waals surface area contributed by atoms with E-state index in [1.807, 2.05) is 36.4 Å². The summed E-state index contributed by atoms with van der Waals surface area (Å²) in [5.74, 6) is 1.41. The van der Waals surface area contributed by atoms with Crippen molar-refractivity contribution in [3.05, 3.63) is 48.2 Å². The Hall–Kier alpha value is -3.10. The Balaban J connectivity index is 1.72. The third-order valence-electron chi connectivity index (χ3n) is 5.53. The van der Waals surface area contributed by atoms with Crippen molar-refractivity contribution in [2.24, 2.45) is 0 Å². The van der Waals surface area contributed by atoms with E-state index in [0.717, 1.165) is 41.0 Å². The van der Waals surface area contributed by atoms with E-state index in [9.17, 15) is 4.79 Å². The van der Waals surface area contributed by atoms with Gasteiger partial charge in [0.2, 0.25) is 0 Å². The summed E-state index contributed by atoms with van der Waals surface area (Å²) in [5, 5.41) is 1.46. The first-order valence-corrected chi connectivity index (χ1v) is 11.4. The largest absolute Gasteiger partial charge is 0.497 e. The molecule has 32 heavy (non-hydrogen) atoms. The van der Waals surface area contributed by atoms with Gasteiger partial charge >= 0.3 is 0 Å². The number of rotatable bonds is 9. The van der Waals surface area contributed by atoms with Gasteiger partial charge in [-0.3, -0.25) is 9.69 Å². The molecule has 0 saturated carbocycles. The summed E-state index contributed by atoms with van der Waals surface area (Å²) in [5.41, 5.74) is 1.40. The van der Waals surface area contributed by atoms with Crippen LogP contribution >= 0.6 is 11.3 Å². The Kier molecular flexibility index (Phi) is 6.62. The second-order valence-corrected chi connectivity index (χ2v) is 8.31. The minimum Gasteiger partial charge on any atom is -0.497 e. The lowest BCUT2D eigenvalue weighted by Crippen LogP contribution is -2.38. The smallest absolute Gasteiger partial charge is 0.295 e. The molecule has 0 fully saturated rings. The Morgan fingerprint density at radius 3 is 2.59 bits per heavy atom. The van der Waals surface area contributed by atoms with E-state index >= 15 is 0 Å². The molecule has 4 aromatic rings. The van der Waals surface area contributed by atoms with Gasteiger partial charge < -0.3 is 18.8 Å². The minimum absolute atomic E-state index is 0.221. The summed E-state index contributed by atoms with van der Waals surface area (Å²) in [6.07, 6.45) is 0. The molecule has 2 aromatic heterocycles. The molecule has 7 nitrogen and oxygen atoms in total. The standard InChI is InChI=1S/C24H27N3O4S/c1-5-26(6-2)12-13-27(24-25-18-11-10-17(29-3)15-21(18)32-24)23(28)20-14-16-8-7-9-19(30-4)22(16)31-20/h7-11,14-15H,5-6,12-13H2,1-4H3. The van der Waals surface area contributed by atoms with Crippen LogP contribution in [0.2, 0.25) is 0 Å². The molecule has 0 aliphatic carbocycles. The first-order chi connectivity index (χ1) is 15.6. The van der Waals surface area contributed by atoms with Gasteiger partial charge in [-0.05, 0) is 43.4 Å². The second-order valence-electron chi connectivity index (χ2n) is 7.30. The number of ether oxygens (including phenoxy) is 2. The number of fused-ring (bicyclic) bond motifs is 2. The number of methoxy groups -OCH3 is 2. The number of furan rings is 1. The average Bonchev–Trinajstić information content (AvgIpc) is 3.45. The van der Waals surface area contributed by atoms with Crippen LogP contribution in [0.5, 0.6) is 11.5 Å². The highest BCUT2D eigenvalue weighted by molar-refractivity contribution is 7.22. The number of anilines is 1. The van der Waals surface area contributed by atoms with E-state index in [1.165, 1.54) is 11.3 Å². The number of amides is 1. The van der Waals surface area contributed by atoms with Crippen molar-refractivity contribution in [2.75, 3.05) is 45.3 Å². The van der Waals surface area contributed by atoms with Crippen LogP contribution in [0.25, 0.3) is 21.2 Å². The Labute approximate surface area is 191 Å². The first kappa shape index (κ1) is 22.1. The summed E-state index contributed by atoms with van der Waals surface area (Å²) in [6.45, 7) is 7.30. The number of benzene rings is 2. The van der Waals surface area contributed by atoms with Crippen LogP contribution < -0.4 is 14.4 Å². The topological polar surface area (TPSA) is 68.0 Å². The molecule has 0 unspecified atom stereocenters. The van der Waals surface area contributed by atoms with Gasteiger partial charge in [-0.25, -0.2) is 4.98 Å². The highest BCUT2D eigenvalue weighted by atomic mass is 32.1. The molecule has 0 aliphatic rings. The number of para-hydroxylation sites is 1. The van der Waals surface area contributed by atoms with Gasteiger partial charge in [0.05, 0.1) is 24.4 Å². The number of carbonyl (C=O) groups is 1. The Morgan fingerprint density at radius 1 is 1.06 bits per heavy atom. The number of aromatic nitrogens is 1. The summed E-state index contributed by atoms with van der Waals surface area (Å²) < 4.78 is 17.6. The van der Waals surface area contributed by atoms with Crippen LogP contribution in [-0.2, 0) is 0 Å². The van der Waals surface area contributed by atoms with Crippen LogP contribution in [-0.4, -0.2) is 56.2 Å². The van der Waals surface area contributed by atoms with E-state index < -0.39 is 0 Å². The number of carbonyl (C=O) groups excluding carboxylic acids is 1. The maximum Gasteiger partial charge on any atom is 0.295 e. The van der Waals surface area contributed by atoms with Crippen molar-refractivity contribution >= 4 is 43.6 Å². The minimum atomic E-state index is -0.221. The molecule has 0 atom stereocenters. The molecule has 4 rings (SSSR count). The summed E-state index contributed by atoms with van der Waals surface area (Å²) in [7, 11) is 3.23. The lowest BCUT2D eigenvalue weighted by molar-refractivity contribution is 0.0959. The molecule has 0 N–H and O–H groups in total. The van der Waals surface area contributed by atoms with Crippen LogP contribution in [0.1, 0.15) is 24.4 Å².